The summed E-state index contributed by atoms with van der Waals surface area (Å²) in [6, 6.07) is 14.5. The third-order valence-corrected chi connectivity index (χ3v) is 6.65. The number of rotatable bonds is 7. The number of hydrogen-bond donors (Lipinski definition) is 3. The van der Waals surface area contributed by atoms with Crippen LogP contribution >= 0.6 is 0 Å². The maximum absolute atomic E-state index is 9.55. The first kappa shape index (κ1) is 26.3. The Labute approximate surface area is 214 Å². The highest BCUT2D eigenvalue weighted by Crippen LogP contribution is 2.44. The third kappa shape index (κ3) is 6.72. The lowest BCUT2D eigenvalue weighted by atomic mass is 9.77. The van der Waals surface area contributed by atoms with Crippen molar-refractivity contribution in [3.05, 3.63) is 60.2 Å². The second-order valence-corrected chi connectivity index (χ2v) is 8.96. The quantitative estimate of drug-likeness (QED) is 0.474. The molecule has 1 saturated carbocycles. The van der Waals surface area contributed by atoms with Crippen molar-refractivity contribution in [3.8, 4) is 23.0 Å². The molecule has 198 valence electrons. The highest BCUT2D eigenvalue weighted by atomic mass is 16.7. The maximum Gasteiger partial charge on any atom is 0.328 e. The van der Waals surface area contributed by atoms with Crippen LogP contribution in [0, 0.1) is 0 Å². The lowest BCUT2D eigenvalue weighted by Crippen LogP contribution is -2.46. The van der Waals surface area contributed by atoms with Gasteiger partial charge in [-0.25, -0.2) is 9.59 Å². The normalized spacial score (nSPS) is 23.7. The summed E-state index contributed by atoms with van der Waals surface area (Å²) in [4.78, 5) is 19.1. The molecule has 0 spiro atoms. The molecular formula is C27H31NO9. The summed E-state index contributed by atoms with van der Waals surface area (Å²) in [6.07, 6.45) is 5.17. The molecule has 1 aliphatic carbocycles. The average Bonchev–Trinajstić information content (AvgIpc) is 3.39. The first-order valence-electron chi connectivity index (χ1n) is 12.1. The van der Waals surface area contributed by atoms with E-state index < -0.39 is 11.9 Å². The number of para-hydroxylation sites is 2. The maximum atomic E-state index is 9.55. The lowest BCUT2D eigenvalue weighted by molar-refractivity contribution is -0.134. The number of nitrogens with one attached hydrogen (secondary N) is 1. The van der Waals surface area contributed by atoms with Gasteiger partial charge in [0.15, 0.2) is 23.0 Å². The Morgan fingerprint density at radius 1 is 0.973 bits per heavy atom. The van der Waals surface area contributed by atoms with Crippen LogP contribution in [0.5, 0.6) is 23.0 Å². The molecule has 0 bridgehead atoms. The van der Waals surface area contributed by atoms with Crippen LogP contribution in [-0.2, 0) is 19.9 Å². The fraction of sp³-hybridized carbons (Fsp3) is 0.407. The van der Waals surface area contributed by atoms with Gasteiger partial charge in [-0.1, -0.05) is 18.2 Å². The monoisotopic (exact) mass is 513 g/mol. The fourth-order valence-corrected chi connectivity index (χ4v) is 4.68. The molecular weight excluding hydrogens is 482 g/mol. The van der Waals surface area contributed by atoms with Crippen molar-refractivity contribution in [1.29, 1.82) is 0 Å². The van der Waals surface area contributed by atoms with Crippen LogP contribution in [0.1, 0.15) is 31.2 Å². The molecule has 2 heterocycles. The number of carbonyl (C=O) groups is 2. The fourth-order valence-electron chi connectivity index (χ4n) is 4.68. The molecule has 0 amide bonds. The molecule has 2 aliphatic heterocycles. The number of methoxy groups -OCH3 is 1. The van der Waals surface area contributed by atoms with Crippen molar-refractivity contribution in [1.82, 2.24) is 5.32 Å². The van der Waals surface area contributed by atoms with Gasteiger partial charge in [-0.15, -0.1) is 0 Å². The molecule has 0 saturated heterocycles. The molecule has 1 atom stereocenters. The van der Waals surface area contributed by atoms with E-state index in [2.05, 4.69) is 17.4 Å². The Balaban J connectivity index is 0.000000349. The van der Waals surface area contributed by atoms with E-state index in [-0.39, 0.29) is 11.7 Å². The van der Waals surface area contributed by atoms with Gasteiger partial charge in [-0.3, -0.25) is 0 Å². The highest BCUT2D eigenvalue weighted by molar-refractivity contribution is 5.89. The van der Waals surface area contributed by atoms with Crippen molar-refractivity contribution in [2.45, 2.75) is 43.4 Å². The van der Waals surface area contributed by atoms with Crippen LogP contribution in [0.25, 0.3) is 0 Å². The molecule has 5 rings (SSSR count). The molecule has 37 heavy (non-hydrogen) atoms. The van der Waals surface area contributed by atoms with Crippen LogP contribution in [-0.4, -0.2) is 61.4 Å². The van der Waals surface area contributed by atoms with Gasteiger partial charge in [0.2, 0.25) is 6.79 Å². The zero-order valence-electron chi connectivity index (χ0n) is 20.6. The van der Waals surface area contributed by atoms with Gasteiger partial charge in [0.05, 0.1) is 5.60 Å². The van der Waals surface area contributed by atoms with Gasteiger partial charge >= 0.3 is 11.9 Å². The Morgan fingerprint density at radius 3 is 2.30 bits per heavy atom. The molecule has 1 fully saturated rings. The van der Waals surface area contributed by atoms with Crippen molar-refractivity contribution >= 4 is 11.9 Å². The van der Waals surface area contributed by atoms with Crippen LogP contribution < -0.4 is 24.3 Å². The number of carboxylic acids is 2. The molecule has 10 nitrogen and oxygen atoms in total. The number of fused-ring (bicyclic) bond motifs is 2. The molecule has 3 aliphatic rings. The molecule has 2 aromatic carbocycles. The Kier molecular flexibility index (Phi) is 8.52. The Morgan fingerprint density at radius 2 is 1.62 bits per heavy atom. The summed E-state index contributed by atoms with van der Waals surface area (Å²) in [7, 11) is 1.81. The summed E-state index contributed by atoms with van der Waals surface area (Å²) >= 11 is 0. The van der Waals surface area contributed by atoms with Crippen molar-refractivity contribution < 1.29 is 43.5 Å². The van der Waals surface area contributed by atoms with E-state index in [0.29, 0.717) is 31.6 Å². The molecule has 2 aromatic rings. The Hall–Kier alpha value is -3.76. The minimum absolute atomic E-state index is 0.0351. The van der Waals surface area contributed by atoms with Crippen LogP contribution in [0.4, 0.5) is 0 Å². The van der Waals surface area contributed by atoms with Crippen molar-refractivity contribution in [2.24, 2.45) is 0 Å². The molecule has 3 N–H and O–H groups in total. The summed E-state index contributed by atoms with van der Waals surface area (Å²) in [5.74, 6) is 0.769. The van der Waals surface area contributed by atoms with Crippen LogP contribution in [0.3, 0.4) is 0 Å². The molecule has 0 radical (unpaired) electrons. The number of ether oxygens (including phenoxy) is 5. The molecule has 0 aromatic heterocycles. The predicted octanol–water partition coefficient (Wildman–Crippen LogP) is 3.34. The molecule has 0 unspecified atom stereocenters. The number of aliphatic carboxylic acids is 2. The van der Waals surface area contributed by atoms with Crippen LogP contribution in [0.2, 0.25) is 0 Å². The zero-order valence-corrected chi connectivity index (χ0v) is 20.6. The van der Waals surface area contributed by atoms with Gasteiger partial charge in [0, 0.05) is 31.8 Å². The Bertz CT molecular complexity index is 1110. The second-order valence-electron chi connectivity index (χ2n) is 8.96. The number of hydrogen-bond acceptors (Lipinski definition) is 8. The van der Waals surface area contributed by atoms with E-state index in [4.69, 9.17) is 33.9 Å². The summed E-state index contributed by atoms with van der Waals surface area (Å²) in [5.41, 5.74) is 0.908. The van der Waals surface area contributed by atoms with E-state index in [1.165, 1.54) is 5.56 Å². The number of benzene rings is 2. The summed E-state index contributed by atoms with van der Waals surface area (Å²) in [6.45, 7) is 1.65. The minimum atomic E-state index is -1.26. The van der Waals surface area contributed by atoms with Crippen molar-refractivity contribution in [2.75, 3.05) is 27.1 Å². The largest absolute Gasteiger partial charge is 0.486 e. The van der Waals surface area contributed by atoms with Gasteiger partial charge in [-0.2, -0.15) is 0 Å². The second kappa shape index (κ2) is 12.0. The van der Waals surface area contributed by atoms with Gasteiger partial charge < -0.3 is 39.2 Å². The zero-order chi connectivity index (χ0) is 26.3. The van der Waals surface area contributed by atoms with Gasteiger partial charge in [0.25, 0.3) is 0 Å². The average molecular weight is 514 g/mol. The summed E-state index contributed by atoms with van der Waals surface area (Å²) in [5, 5.41) is 19.3. The van der Waals surface area contributed by atoms with E-state index in [9.17, 15) is 9.59 Å². The lowest BCUT2D eigenvalue weighted by Gasteiger charge is -2.40. The topological polar surface area (TPSA) is 133 Å². The van der Waals surface area contributed by atoms with E-state index >= 15 is 0 Å². The summed E-state index contributed by atoms with van der Waals surface area (Å²) < 4.78 is 28.9. The SMILES string of the molecule is CO[C@]1(c2ccc3c(c2)OCO3)CC[C@H](NC[C@@H]2COc3ccccc3O2)CC1.O=C(O)/C=C/C(=O)O. The minimum Gasteiger partial charge on any atom is -0.486 e. The predicted molar refractivity (Wildman–Crippen MR) is 132 cm³/mol. The van der Waals surface area contributed by atoms with Gasteiger partial charge in [-0.05, 0) is 55.5 Å². The number of carboxylic acid groups (broad SMARTS) is 2. The van der Waals surface area contributed by atoms with E-state index in [1.807, 2.05) is 37.4 Å². The van der Waals surface area contributed by atoms with Gasteiger partial charge in [0.1, 0.15) is 12.7 Å². The smallest absolute Gasteiger partial charge is 0.328 e. The highest BCUT2D eigenvalue weighted by Gasteiger charge is 2.38. The van der Waals surface area contributed by atoms with E-state index in [1.54, 1.807) is 0 Å². The standard InChI is InChI=1S/C23H27NO5.C4H4O4/c1-25-23(16-6-7-20-22(12-16)28-15-27-20)10-8-17(9-11-23)24-13-18-14-26-19-4-2-3-5-21(19)29-18;5-3(6)1-2-4(7)8/h2-7,12,17-18,24H,8-11,13-15H2,1H3;1-2H,(H,5,6)(H,7,8)/b;2-1+/t17-,18-,23+;/m1./s1. The van der Waals surface area contributed by atoms with Crippen molar-refractivity contribution in [3.63, 3.8) is 0 Å². The molecule has 10 heteroatoms. The third-order valence-electron chi connectivity index (χ3n) is 6.65. The van der Waals surface area contributed by atoms with Crippen LogP contribution in [0.15, 0.2) is 54.6 Å². The van der Waals surface area contributed by atoms with E-state index in [0.717, 1.165) is 55.2 Å². The first-order valence-corrected chi connectivity index (χ1v) is 12.1. The first-order chi connectivity index (χ1) is 17.9.